The van der Waals surface area contributed by atoms with Crippen molar-refractivity contribution in [2.45, 2.75) is 63.8 Å². The van der Waals surface area contributed by atoms with E-state index in [1.807, 2.05) is 25.1 Å². The zero-order chi connectivity index (χ0) is 26.7. The number of Topliss-reactive ketones (excluding diaryl/α,β-unsaturated/α-hetero) is 1. The molecule has 1 saturated carbocycles. The molecule has 1 fully saturated rings. The summed E-state index contributed by atoms with van der Waals surface area (Å²) in [6.07, 6.45) is 2.30. The number of amides is 1. The number of ketones is 1. The molecule has 0 saturated heterocycles. The molecule has 1 aliphatic carbocycles. The summed E-state index contributed by atoms with van der Waals surface area (Å²) in [5.41, 5.74) is 0.334. The van der Waals surface area contributed by atoms with Crippen LogP contribution in [0.25, 0.3) is 0 Å². The summed E-state index contributed by atoms with van der Waals surface area (Å²) in [6, 6.07) is 7.68. The number of halogens is 4. The van der Waals surface area contributed by atoms with Gasteiger partial charge in [0.1, 0.15) is 5.82 Å². The Labute approximate surface area is 215 Å². The van der Waals surface area contributed by atoms with Gasteiger partial charge >= 0.3 is 0 Å². The first-order valence-corrected chi connectivity index (χ1v) is 12.5. The van der Waals surface area contributed by atoms with Crippen molar-refractivity contribution in [3.05, 3.63) is 64.2 Å². The van der Waals surface area contributed by atoms with E-state index in [0.29, 0.717) is 29.1 Å². The van der Waals surface area contributed by atoms with E-state index in [-0.39, 0.29) is 43.5 Å². The monoisotopic (exact) mass is 523 g/mol. The Hall–Kier alpha value is -2.45. The second-order valence-corrected chi connectivity index (χ2v) is 10.3. The number of alkyl halides is 2. The van der Waals surface area contributed by atoms with Gasteiger partial charge in [-0.15, -0.1) is 0 Å². The minimum absolute atomic E-state index is 0.0103. The Morgan fingerprint density at radius 1 is 1.22 bits per heavy atom. The summed E-state index contributed by atoms with van der Waals surface area (Å²) in [6.45, 7) is 2.94. The van der Waals surface area contributed by atoms with Gasteiger partial charge in [0.05, 0.1) is 6.20 Å². The number of benzene rings is 1. The highest BCUT2D eigenvalue weighted by atomic mass is 35.5. The Bertz CT molecular complexity index is 1080. The average Bonchev–Trinajstić information content (AvgIpc) is 3.63. The van der Waals surface area contributed by atoms with Crippen LogP contribution in [0.1, 0.15) is 67.1 Å². The molecule has 3 rings (SSSR count). The lowest BCUT2D eigenvalue weighted by molar-refractivity contribution is -0.124. The van der Waals surface area contributed by atoms with E-state index in [2.05, 4.69) is 10.3 Å². The summed E-state index contributed by atoms with van der Waals surface area (Å²) < 4.78 is 42.5. The summed E-state index contributed by atoms with van der Waals surface area (Å²) in [5, 5.41) is 3.36. The maximum Gasteiger partial charge on any atom is 0.251 e. The fraction of sp³-hybridized carbons (Fsp3) is 0.519. The number of hydrogen-bond acceptors (Lipinski definition) is 4. The average molecular weight is 524 g/mol. The predicted molar refractivity (Wildman–Crippen MR) is 134 cm³/mol. The third kappa shape index (κ3) is 6.45. The first-order chi connectivity index (χ1) is 16.9. The van der Waals surface area contributed by atoms with Crippen LogP contribution in [0.3, 0.4) is 0 Å². The second-order valence-electron chi connectivity index (χ2n) is 9.91. The highest BCUT2D eigenvalue weighted by molar-refractivity contribution is 6.31. The molecule has 1 aliphatic rings. The molecule has 1 N–H and O–H groups in total. The molecule has 196 valence electrons. The third-order valence-electron chi connectivity index (χ3n) is 7.24. The number of carbonyl (C=O) groups is 2. The number of rotatable bonds is 12. The van der Waals surface area contributed by atoms with Crippen LogP contribution in [0.5, 0.6) is 0 Å². The largest absolute Gasteiger partial charge is 0.355 e. The molecule has 0 bridgehead atoms. The number of nitrogens with zero attached hydrogens (tertiary/aromatic N) is 2. The molecule has 5 nitrogen and oxygen atoms in total. The van der Waals surface area contributed by atoms with Crippen LogP contribution in [0, 0.1) is 11.2 Å². The van der Waals surface area contributed by atoms with E-state index in [9.17, 15) is 22.8 Å². The van der Waals surface area contributed by atoms with Crippen LogP contribution in [0.4, 0.5) is 13.2 Å². The van der Waals surface area contributed by atoms with Crippen molar-refractivity contribution >= 4 is 23.3 Å². The van der Waals surface area contributed by atoms with Crippen LogP contribution < -0.4 is 5.32 Å². The molecule has 0 aliphatic heterocycles. The number of nitrogens with one attached hydrogen (secondary N) is 1. The Morgan fingerprint density at radius 2 is 1.92 bits per heavy atom. The van der Waals surface area contributed by atoms with Crippen molar-refractivity contribution in [2.24, 2.45) is 5.41 Å². The molecule has 1 amide bonds. The fourth-order valence-electron chi connectivity index (χ4n) is 4.68. The van der Waals surface area contributed by atoms with E-state index in [0.717, 1.165) is 18.7 Å². The zero-order valence-corrected chi connectivity index (χ0v) is 21.8. The van der Waals surface area contributed by atoms with Crippen molar-refractivity contribution in [3.63, 3.8) is 0 Å². The molecule has 9 heteroatoms. The quantitative estimate of drug-likeness (QED) is 0.364. The summed E-state index contributed by atoms with van der Waals surface area (Å²) in [5.74, 6) is -4.74. The van der Waals surface area contributed by atoms with E-state index < -0.39 is 23.1 Å². The highest BCUT2D eigenvalue weighted by Gasteiger charge is 2.64. The number of likely N-dealkylation sites (N-methyl/N-ethyl adjacent to an activating group) is 1. The van der Waals surface area contributed by atoms with Crippen molar-refractivity contribution in [2.75, 3.05) is 20.6 Å². The lowest BCUT2D eigenvalue weighted by Crippen LogP contribution is -2.43. The van der Waals surface area contributed by atoms with Crippen LogP contribution in [0.15, 0.2) is 36.5 Å². The Kier molecular flexibility index (Phi) is 8.83. The van der Waals surface area contributed by atoms with Crippen molar-refractivity contribution in [1.29, 1.82) is 0 Å². The van der Waals surface area contributed by atoms with Crippen molar-refractivity contribution in [1.82, 2.24) is 15.2 Å². The van der Waals surface area contributed by atoms with E-state index in [1.54, 1.807) is 19.1 Å². The van der Waals surface area contributed by atoms with Crippen molar-refractivity contribution < 1.29 is 22.8 Å². The van der Waals surface area contributed by atoms with Gasteiger partial charge < -0.3 is 10.2 Å². The number of carbonyl (C=O) groups excluding carboxylic acids is 2. The number of aromatic nitrogens is 1. The minimum atomic E-state index is -3.00. The SMILES string of the molecule is CCC(=O)c1ccc(C[C@@H](CNC(=O)CC(c2ccc(F)cn2)C2(C(C)(F)F)CC2)N(C)C)c(Cl)c1. The van der Waals surface area contributed by atoms with Gasteiger partial charge in [-0.1, -0.05) is 30.7 Å². The standard InChI is InChI=1S/C27H33ClF3N3O2/c1-5-24(35)18-7-6-17(22(28)13-18)12-20(34(3)4)16-33-25(36)14-21(23-9-8-19(29)15-32-23)27(10-11-27)26(2,30)31/h6-9,13,15,20-21H,5,10-12,14,16H2,1-4H3,(H,33,36)/t20-,21?/m0/s1. The minimum Gasteiger partial charge on any atom is -0.355 e. The number of pyridine rings is 1. The van der Waals surface area contributed by atoms with E-state index >= 15 is 0 Å². The lowest BCUT2D eigenvalue weighted by Gasteiger charge is -2.31. The van der Waals surface area contributed by atoms with Gasteiger partial charge in [0.2, 0.25) is 5.91 Å². The molecule has 0 radical (unpaired) electrons. The predicted octanol–water partition coefficient (Wildman–Crippen LogP) is 5.67. The van der Waals surface area contributed by atoms with E-state index in [1.165, 1.54) is 12.1 Å². The first kappa shape index (κ1) is 28.1. The molecule has 2 atom stereocenters. The van der Waals surface area contributed by atoms with Crippen LogP contribution in [-0.2, 0) is 11.2 Å². The molecule has 1 unspecified atom stereocenters. The van der Waals surface area contributed by atoms with Gasteiger partial charge in [-0.2, -0.15) is 0 Å². The fourth-order valence-corrected chi connectivity index (χ4v) is 4.93. The molecule has 2 aromatic rings. The first-order valence-electron chi connectivity index (χ1n) is 12.1. The molecule has 36 heavy (non-hydrogen) atoms. The van der Waals surface area contributed by atoms with Gasteiger partial charge in [0.25, 0.3) is 5.92 Å². The molecule has 1 aromatic carbocycles. The summed E-state index contributed by atoms with van der Waals surface area (Å²) in [7, 11) is 3.75. The lowest BCUT2D eigenvalue weighted by atomic mass is 9.79. The van der Waals surface area contributed by atoms with Gasteiger partial charge in [0, 0.05) is 53.0 Å². The number of hydrogen-bond donors (Lipinski definition) is 1. The van der Waals surface area contributed by atoms with Crippen LogP contribution in [0.2, 0.25) is 5.02 Å². The topological polar surface area (TPSA) is 62.3 Å². The maximum absolute atomic E-state index is 14.6. The van der Waals surface area contributed by atoms with Crippen LogP contribution in [-0.4, -0.2) is 54.2 Å². The van der Waals surface area contributed by atoms with Gasteiger partial charge in [-0.05, 0) is 64.0 Å². The molecular weight excluding hydrogens is 491 g/mol. The molecule has 1 heterocycles. The van der Waals surface area contributed by atoms with Gasteiger partial charge in [0.15, 0.2) is 5.78 Å². The second kappa shape index (κ2) is 11.3. The van der Waals surface area contributed by atoms with E-state index in [4.69, 9.17) is 11.6 Å². The third-order valence-corrected chi connectivity index (χ3v) is 7.60. The maximum atomic E-state index is 14.6. The van der Waals surface area contributed by atoms with Gasteiger partial charge in [-0.3, -0.25) is 14.6 Å². The van der Waals surface area contributed by atoms with Crippen molar-refractivity contribution in [3.8, 4) is 0 Å². The zero-order valence-electron chi connectivity index (χ0n) is 21.1. The molecule has 0 spiro atoms. The smallest absolute Gasteiger partial charge is 0.251 e. The summed E-state index contributed by atoms with van der Waals surface area (Å²) >= 11 is 6.43. The molecule has 1 aromatic heterocycles. The normalized spacial score (nSPS) is 16.5. The Balaban J connectivity index is 1.70. The van der Waals surface area contributed by atoms with Gasteiger partial charge in [-0.25, -0.2) is 13.2 Å². The molecular formula is C27H33ClF3N3O2. The highest BCUT2D eigenvalue weighted by Crippen LogP contribution is 2.65. The summed E-state index contributed by atoms with van der Waals surface area (Å²) in [4.78, 5) is 30.9. The Morgan fingerprint density at radius 3 is 2.42 bits per heavy atom. The van der Waals surface area contributed by atoms with Crippen LogP contribution >= 0.6 is 11.6 Å².